The average molecular weight is 274 g/mol. The molecule has 0 radical (unpaired) electrons. The Hall–Kier alpha value is -0.300. The number of rotatable bonds is 0. The van der Waals surface area contributed by atoms with Crippen molar-refractivity contribution in [2.45, 2.75) is 83.7 Å². The zero-order valence-electron chi connectivity index (χ0n) is 13.3. The molecule has 1 nitrogen and oxygen atoms in total. The van der Waals surface area contributed by atoms with Gasteiger partial charge in [0, 0.05) is 0 Å². The molecule has 4 aliphatic carbocycles. The Balaban J connectivity index is 1.74. The maximum absolute atomic E-state index is 11.6. The van der Waals surface area contributed by atoms with Crippen molar-refractivity contribution in [3.05, 3.63) is 11.6 Å². The third-order valence-corrected chi connectivity index (χ3v) is 8.01. The van der Waals surface area contributed by atoms with Crippen LogP contribution in [-0.2, 0) is 0 Å². The van der Waals surface area contributed by atoms with Crippen LogP contribution in [0.5, 0.6) is 0 Å². The minimum absolute atomic E-state index is 0.223. The van der Waals surface area contributed by atoms with E-state index in [1.54, 1.807) is 5.57 Å². The van der Waals surface area contributed by atoms with Crippen molar-refractivity contribution < 1.29 is 5.11 Å². The first-order valence-electron chi connectivity index (χ1n) is 8.92. The van der Waals surface area contributed by atoms with Crippen LogP contribution in [0, 0.1) is 22.7 Å². The van der Waals surface area contributed by atoms with Gasteiger partial charge in [-0.25, -0.2) is 0 Å². The van der Waals surface area contributed by atoms with Crippen LogP contribution in [0.4, 0.5) is 0 Å². The Morgan fingerprint density at radius 2 is 1.85 bits per heavy atom. The fourth-order valence-electron chi connectivity index (χ4n) is 6.71. The maximum atomic E-state index is 11.6. The van der Waals surface area contributed by atoms with Crippen molar-refractivity contribution in [3.8, 4) is 0 Å². The predicted octanol–water partition coefficient (Wildman–Crippen LogP) is 4.84. The van der Waals surface area contributed by atoms with Gasteiger partial charge in [-0.1, -0.05) is 25.5 Å². The zero-order chi connectivity index (χ0) is 14.0. The second-order valence-corrected chi connectivity index (χ2v) is 8.67. The van der Waals surface area contributed by atoms with E-state index >= 15 is 0 Å². The second kappa shape index (κ2) is 4.12. The van der Waals surface area contributed by atoms with E-state index in [0.29, 0.717) is 11.3 Å². The summed E-state index contributed by atoms with van der Waals surface area (Å²) in [6, 6.07) is 0. The van der Waals surface area contributed by atoms with Gasteiger partial charge in [-0.2, -0.15) is 0 Å². The Bertz CT molecular complexity index is 453. The van der Waals surface area contributed by atoms with Gasteiger partial charge < -0.3 is 5.11 Å². The quantitative estimate of drug-likeness (QED) is 0.626. The van der Waals surface area contributed by atoms with Crippen LogP contribution in [0.15, 0.2) is 11.6 Å². The minimum Gasteiger partial charge on any atom is -0.389 e. The summed E-state index contributed by atoms with van der Waals surface area (Å²) in [6.45, 7) is 4.90. The summed E-state index contributed by atoms with van der Waals surface area (Å²) in [5.41, 5.74) is 2.04. The Morgan fingerprint density at radius 3 is 2.70 bits per heavy atom. The molecule has 0 aromatic rings. The lowest BCUT2D eigenvalue weighted by molar-refractivity contribution is -0.173. The van der Waals surface area contributed by atoms with Crippen molar-refractivity contribution in [1.82, 2.24) is 0 Å². The lowest BCUT2D eigenvalue weighted by Gasteiger charge is -2.60. The summed E-state index contributed by atoms with van der Waals surface area (Å²) in [5, 5.41) is 11.6. The van der Waals surface area contributed by atoms with Crippen LogP contribution >= 0.6 is 0 Å². The van der Waals surface area contributed by atoms with Gasteiger partial charge in [-0.05, 0) is 86.9 Å². The number of hydrogen-bond donors (Lipinski definition) is 1. The smallest absolute Gasteiger partial charge is 0.0732 e. The van der Waals surface area contributed by atoms with Crippen molar-refractivity contribution in [3.63, 3.8) is 0 Å². The molecular weight excluding hydrogens is 244 g/mol. The van der Waals surface area contributed by atoms with Gasteiger partial charge in [0.2, 0.25) is 0 Å². The molecule has 5 unspecified atom stereocenters. The lowest BCUT2D eigenvalue weighted by atomic mass is 9.46. The molecule has 0 aliphatic heterocycles. The van der Waals surface area contributed by atoms with Gasteiger partial charge in [0.15, 0.2) is 0 Å². The van der Waals surface area contributed by atoms with Gasteiger partial charge in [-0.15, -0.1) is 0 Å². The van der Waals surface area contributed by atoms with Gasteiger partial charge in [0.05, 0.1) is 5.60 Å². The summed E-state index contributed by atoms with van der Waals surface area (Å²) in [5.74, 6) is 1.32. The molecule has 0 aromatic heterocycles. The van der Waals surface area contributed by atoms with Crippen molar-refractivity contribution in [2.75, 3.05) is 0 Å². The molecular formula is C19H30O. The van der Waals surface area contributed by atoms with Gasteiger partial charge >= 0.3 is 0 Å². The molecule has 1 heteroatoms. The summed E-state index contributed by atoms with van der Waals surface area (Å²) >= 11 is 0. The van der Waals surface area contributed by atoms with E-state index in [9.17, 15) is 5.11 Å². The van der Waals surface area contributed by atoms with Crippen molar-refractivity contribution in [2.24, 2.45) is 22.7 Å². The normalized spacial score (nSPS) is 54.6. The standard InChI is InChI=1S/C19H30O/c1-17-10-5-12-19(17,20)16-8-7-14-6-3-4-11-18(14,2)15(16)9-13-17/h6,15-16,20H,3-5,7-13H2,1-2H3. The van der Waals surface area contributed by atoms with Crippen molar-refractivity contribution >= 4 is 0 Å². The predicted molar refractivity (Wildman–Crippen MR) is 82.4 cm³/mol. The topological polar surface area (TPSA) is 20.2 Å². The molecule has 0 heterocycles. The highest BCUT2D eigenvalue weighted by Crippen LogP contribution is 2.66. The number of hydrogen-bond acceptors (Lipinski definition) is 1. The molecule has 112 valence electrons. The molecule has 1 N–H and O–H groups in total. The number of allylic oxidation sites excluding steroid dienone is 2. The molecule has 0 amide bonds. The molecule has 0 bridgehead atoms. The first-order chi connectivity index (χ1) is 9.50. The van der Waals surface area contributed by atoms with E-state index in [2.05, 4.69) is 19.9 Å². The van der Waals surface area contributed by atoms with Crippen LogP contribution < -0.4 is 0 Å². The molecule has 3 fully saturated rings. The fraction of sp³-hybridized carbons (Fsp3) is 0.895. The Labute approximate surface area is 123 Å². The summed E-state index contributed by atoms with van der Waals surface area (Å²) in [6.07, 6.45) is 15.3. The maximum Gasteiger partial charge on any atom is 0.0732 e. The van der Waals surface area contributed by atoms with E-state index in [-0.39, 0.29) is 11.0 Å². The highest BCUT2D eigenvalue weighted by Gasteiger charge is 2.63. The average Bonchev–Trinajstić information content (AvgIpc) is 2.74. The van der Waals surface area contributed by atoms with Gasteiger partial charge in [0.1, 0.15) is 0 Å². The van der Waals surface area contributed by atoms with Crippen LogP contribution in [0.2, 0.25) is 0 Å². The molecule has 20 heavy (non-hydrogen) atoms. The van der Waals surface area contributed by atoms with Crippen LogP contribution in [0.3, 0.4) is 0 Å². The molecule has 0 aromatic carbocycles. The molecule has 3 saturated carbocycles. The first kappa shape index (κ1) is 13.4. The molecule has 0 saturated heterocycles. The number of aliphatic hydroxyl groups is 1. The zero-order valence-corrected chi connectivity index (χ0v) is 13.3. The van der Waals surface area contributed by atoms with Gasteiger partial charge in [0.25, 0.3) is 0 Å². The Kier molecular flexibility index (Phi) is 2.76. The molecule has 4 rings (SSSR count). The highest BCUT2D eigenvalue weighted by molar-refractivity contribution is 5.25. The largest absolute Gasteiger partial charge is 0.389 e. The monoisotopic (exact) mass is 274 g/mol. The summed E-state index contributed by atoms with van der Waals surface area (Å²) < 4.78 is 0. The summed E-state index contributed by atoms with van der Waals surface area (Å²) in [4.78, 5) is 0. The third kappa shape index (κ3) is 1.48. The van der Waals surface area contributed by atoms with Crippen LogP contribution in [0.25, 0.3) is 0 Å². The molecule has 0 spiro atoms. The Morgan fingerprint density at radius 1 is 1.00 bits per heavy atom. The fourth-order valence-corrected chi connectivity index (χ4v) is 6.71. The van der Waals surface area contributed by atoms with E-state index in [1.807, 2.05) is 0 Å². The summed E-state index contributed by atoms with van der Waals surface area (Å²) in [7, 11) is 0. The van der Waals surface area contributed by atoms with Gasteiger partial charge in [-0.3, -0.25) is 0 Å². The van der Waals surface area contributed by atoms with E-state index in [0.717, 1.165) is 12.3 Å². The second-order valence-electron chi connectivity index (χ2n) is 8.67. The van der Waals surface area contributed by atoms with Crippen LogP contribution in [0.1, 0.15) is 78.1 Å². The molecule has 4 aliphatic rings. The highest BCUT2D eigenvalue weighted by atomic mass is 16.3. The lowest BCUT2D eigenvalue weighted by Crippen LogP contribution is -2.59. The number of fused-ring (bicyclic) bond motifs is 5. The van der Waals surface area contributed by atoms with E-state index in [4.69, 9.17) is 0 Å². The SMILES string of the molecule is CC12CCCC=C1CCC1C2CCC2(C)CCCC12O. The van der Waals surface area contributed by atoms with Crippen LogP contribution in [-0.4, -0.2) is 10.7 Å². The molecule has 5 atom stereocenters. The van der Waals surface area contributed by atoms with Crippen molar-refractivity contribution in [1.29, 1.82) is 0 Å². The van der Waals surface area contributed by atoms with E-state index < -0.39 is 0 Å². The first-order valence-corrected chi connectivity index (χ1v) is 8.92. The van der Waals surface area contributed by atoms with E-state index in [1.165, 1.54) is 57.8 Å². The third-order valence-electron chi connectivity index (χ3n) is 8.01. The minimum atomic E-state index is -0.345.